The minimum Gasteiger partial charge on any atom is -0.504 e. The van der Waals surface area contributed by atoms with Crippen LogP contribution in [0.5, 0.6) is 17.2 Å². The second kappa shape index (κ2) is 4.31. The highest BCUT2D eigenvalue weighted by Gasteiger charge is 2.16. The van der Waals surface area contributed by atoms with Gasteiger partial charge in [-0.25, -0.2) is 4.79 Å². The highest BCUT2D eigenvalue weighted by atomic mass is 16.4. The first-order chi connectivity index (χ1) is 9.58. The fourth-order valence-corrected chi connectivity index (χ4v) is 2.04. The molecule has 0 radical (unpaired) electrons. The molecule has 0 amide bonds. The molecule has 1 heterocycles. The van der Waals surface area contributed by atoms with Gasteiger partial charge in [-0.3, -0.25) is 0 Å². The molecular weight excluding hydrogens is 260 g/mol. The summed E-state index contributed by atoms with van der Waals surface area (Å²) >= 11 is 0. The Morgan fingerprint density at radius 3 is 2.30 bits per heavy atom. The molecule has 0 aliphatic rings. The summed E-state index contributed by atoms with van der Waals surface area (Å²) in [5, 5.41) is 28.9. The number of rotatable bonds is 1. The molecule has 3 N–H and O–H groups in total. The van der Waals surface area contributed by atoms with Crippen LogP contribution in [0.4, 0.5) is 0 Å². The first-order valence-electron chi connectivity index (χ1n) is 5.85. The van der Waals surface area contributed by atoms with Crippen LogP contribution in [0.2, 0.25) is 0 Å². The SMILES string of the molecule is O=c1oc2c(O)c(O)c(O)cc2cc1-c1ccccc1. The summed E-state index contributed by atoms with van der Waals surface area (Å²) in [7, 11) is 0. The van der Waals surface area contributed by atoms with Gasteiger partial charge in [0.05, 0.1) is 5.56 Å². The van der Waals surface area contributed by atoms with E-state index in [0.717, 1.165) is 0 Å². The first-order valence-corrected chi connectivity index (χ1v) is 5.85. The largest absolute Gasteiger partial charge is 0.504 e. The lowest BCUT2D eigenvalue weighted by molar-refractivity contribution is 0.365. The number of hydrogen-bond donors (Lipinski definition) is 3. The van der Waals surface area contributed by atoms with Gasteiger partial charge in [0, 0.05) is 5.39 Å². The van der Waals surface area contributed by atoms with E-state index in [1.807, 2.05) is 6.07 Å². The monoisotopic (exact) mass is 270 g/mol. The molecule has 0 fully saturated rings. The standard InChI is InChI=1S/C15H10O5/c16-11-7-9-6-10(8-4-2-1-3-5-8)15(19)20-14(9)13(18)12(11)17/h1-7,16-18H. The molecule has 0 aliphatic heterocycles. The van der Waals surface area contributed by atoms with Gasteiger partial charge in [0.1, 0.15) is 0 Å². The van der Waals surface area contributed by atoms with E-state index in [4.69, 9.17) is 4.42 Å². The number of phenols is 3. The van der Waals surface area contributed by atoms with Gasteiger partial charge in [-0.2, -0.15) is 0 Å². The average Bonchev–Trinajstić information content (AvgIpc) is 2.46. The Balaban J connectivity index is 2.36. The molecule has 100 valence electrons. The zero-order valence-corrected chi connectivity index (χ0v) is 10.2. The van der Waals surface area contributed by atoms with Crippen molar-refractivity contribution in [1.82, 2.24) is 0 Å². The molecule has 3 rings (SSSR count). The number of benzene rings is 2. The van der Waals surface area contributed by atoms with Gasteiger partial charge in [0.2, 0.25) is 11.5 Å². The number of hydrogen-bond acceptors (Lipinski definition) is 5. The molecule has 2 aromatic carbocycles. The average molecular weight is 270 g/mol. The highest BCUT2D eigenvalue weighted by molar-refractivity contribution is 5.89. The maximum atomic E-state index is 12.0. The van der Waals surface area contributed by atoms with Crippen LogP contribution in [0.15, 0.2) is 51.7 Å². The Morgan fingerprint density at radius 2 is 1.60 bits per heavy atom. The minimum atomic E-state index is -0.715. The van der Waals surface area contributed by atoms with Crippen molar-refractivity contribution in [2.24, 2.45) is 0 Å². The molecule has 0 unspecified atom stereocenters. The van der Waals surface area contributed by atoms with Crippen molar-refractivity contribution in [1.29, 1.82) is 0 Å². The lowest BCUT2D eigenvalue weighted by Crippen LogP contribution is -2.02. The summed E-state index contributed by atoms with van der Waals surface area (Å²) < 4.78 is 5.04. The van der Waals surface area contributed by atoms with E-state index >= 15 is 0 Å². The lowest BCUT2D eigenvalue weighted by Gasteiger charge is -2.06. The molecule has 3 aromatic rings. The first kappa shape index (κ1) is 12.1. The Labute approximate surface area is 113 Å². The predicted molar refractivity (Wildman–Crippen MR) is 72.9 cm³/mol. The molecule has 0 aliphatic carbocycles. The van der Waals surface area contributed by atoms with Crippen molar-refractivity contribution >= 4 is 11.0 Å². The van der Waals surface area contributed by atoms with Crippen LogP contribution in [0, 0.1) is 0 Å². The van der Waals surface area contributed by atoms with Crippen molar-refractivity contribution in [3.63, 3.8) is 0 Å². The smallest absolute Gasteiger partial charge is 0.344 e. The van der Waals surface area contributed by atoms with E-state index in [1.165, 1.54) is 12.1 Å². The van der Waals surface area contributed by atoms with Gasteiger partial charge >= 0.3 is 5.63 Å². The third kappa shape index (κ3) is 1.76. The zero-order valence-electron chi connectivity index (χ0n) is 10.2. The maximum Gasteiger partial charge on any atom is 0.344 e. The molecule has 0 spiro atoms. The maximum absolute atomic E-state index is 12.0. The Hall–Kier alpha value is -2.95. The van der Waals surface area contributed by atoms with Crippen molar-refractivity contribution in [3.05, 3.63) is 52.9 Å². The Morgan fingerprint density at radius 1 is 0.900 bits per heavy atom. The molecule has 5 nitrogen and oxygen atoms in total. The van der Waals surface area contributed by atoms with Crippen molar-refractivity contribution in [2.45, 2.75) is 0 Å². The number of aromatic hydroxyl groups is 3. The van der Waals surface area contributed by atoms with Crippen molar-refractivity contribution in [2.75, 3.05) is 0 Å². The van der Waals surface area contributed by atoms with Gasteiger partial charge < -0.3 is 19.7 Å². The Kier molecular flexibility index (Phi) is 2.61. The van der Waals surface area contributed by atoms with Crippen LogP contribution in [0.3, 0.4) is 0 Å². The molecule has 0 bridgehead atoms. The van der Waals surface area contributed by atoms with Crippen LogP contribution < -0.4 is 5.63 Å². The summed E-state index contributed by atoms with van der Waals surface area (Å²) in [5.41, 5.74) is 0.173. The molecule has 5 heteroatoms. The van der Waals surface area contributed by atoms with E-state index in [9.17, 15) is 20.1 Å². The normalized spacial score (nSPS) is 10.8. The molecule has 1 aromatic heterocycles. The van der Waals surface area contributed by atoms with Gasteiger partial charge in [-0.05, 0) is 17.7 Å². The summed E-state index contributed by atoms with van der Waals surface area (Å²) in [5.74, 6) is -1.85. The van der Waals surface area contributed by atoms with Gasteiger partial charge in [0.25, 0.3) is 0 Å². The topological polar surface area (TPSA) is 90.9 Å². The molecule has 0 atom stereocenters. The van der Waals surface area contributed by atoms with Crippen LogP contribution in [0.25, 0.3) is 22.1 Å². The highest BCUT2D eigenvalue weighted by Crippen LogP contribution is 2.41. The van der Waals surface area contributed by atoms with E-state index in [-0.39, 0.29) is 5.58 Å². The van der Waals surface area contributed by atoms with Gasteiger partial charge in [-0.15, -0.1) is 0 Å². The van der Waals surface area contributed by atoms with Crippen molar-refractivity contribution < 1.29 is 19.7 Å². The van der Waals surface area contributed by atoms with Crippen LogP contribution >= 0.6 is 0 Å². The third-order valence-electron chi connectivity index (χ3n) is 3.04. The van der Waals surface area contributed by atoms with E-state index in [0.29, 0.717) is 16.5 Å². The summed E-state index contributed by atoms with van der Waals surface area (Å²) in [6.07, 6.45) is 0. The molecule has 0 saturated heterocycles. The minimum absolute atomic E-state index is 0.162. The molecular formula is C15H10O5. The molecule has 20 heavy (non-hydrogen) atoms. The lowest BCUT2D eigenvalue weighted by atomic mass is 10.1. The summed E-state index contributed by atoms with van der Waals surface area (Å²) in [6, 6.07) is 11.6. The predicted octanol–water partition coefficient (Wildman–Crippen LogP) is 2.58. The summed E-state index contributed by atoms with van der Waals surface area (Å²) in [6.45, 7) is 0. The van der Waals surface area contributed by atoms with E-state index < -0.39 is 22.9 Å². The number of phenolic OH excluding ortho intramolecular Hbond substituents is 3. The van der Waals surface area contributed by atoms with E-state index in [2.05, 4.69) is 0 Å². The Bertz CT molecular complexity index is 850. The quantitative estimate of drug-likeness (QED) is 0.467. The second-order valence-corrected chi connectivity index (χ2v) is 4.32. The van der Waals surface area contributed by atoms with Gasteiger partial charge in [0.15, 0.2) is 11.3 Å². The second-order valence-electron chi connectivity index (χ2n) is 4.32. The van der Waals surface area contributed by atoms with E-state index in [1.54, 1.807) is 24.3 Å². The fraction of sp³-hybridized carbons (Fsp3) is 0. The zero-order chi connectivity index (χ0) is 14.3. The molecule has 0 saturated carbocycles. The number of fused-ring (bicyclic) bond motifs is 1. The van der Waals surface area contributed by atoms with Crippen LogP contribution in [-0.4, -0.2) is 15.3 Å². The third-order valence-corrected chi connectivity index (χ3v) is 3.04. The van der Waals surface area contributed by atoms with Gasteiger partial charge in [-0.1, -0.05) is 30.3 Å². The van der Waals surface area contributed by atoms with Crippen LogP contribution in [0.1, 0.15) is 0 Å². The van der Waals surface area contributed by atoms with Crippen LogP contribution in [-0.2, 0) is 0 Å². The summed E-state index contributed by atoms with van der Waals surface area (Å²) in [4.78, 5) is 12.0. The fourth-order valence-electron chi connectivity index (χ4n) is 2.04. The van der Waals surface area contributed by atoms with Crippen molar-refractivity contribution in [3.8, 4) is 28.4 Å².